The molecule has 2 atom stereocenters. The molecule has 2 unspecified atom stereocenters. The number of furan rings is 1. The van der Waals surface area contributed by atoms with Crippen LogP contribution in [0.3, 0.4) is 0 Å². The predicted octanol–water partition coefficient (Wildman–Crippen LogP) is 4.22. The zero-order valence-electron chi connectivity index (χ0n) is 19.5. The first-order chi connectivity index (χ1) is 16.0. The molecule has 0 aliphatic carbocycles. The van der Waals surface area contributed by atoms with Gasteiger partial charge in [0.05, 0.1) is 33.6 Å². The number of methoxy groups -OCH3 is 3. The topological polar surface area (TPSA) is 73.2 Å². The van der Waals surface area contributed by atoms with Crippen molar-refractivity contribution in [2.45, 2.75) is 32.0 Å². The molecule has 1 N–H and O–H groups in total. The normalized spacial score (nSPS) is 16.5. The summed E-state index contributed by atoms with van der Waals surface area (Å²) in [6, 6.07) is 15.3. The van der Waals surface area contributed by atoms with Gasteiger partial charge in [-0.15, -0.1) is 0 Å². The van der Waals surface area contributed by atoms with Gasteiger partial charge < -0.3 is 23.9 Å². The monoisotopic (exact) mass is 450 g/mol. The maximum Gasteiger partial charge on any atom is 0.287 e. The van der Waals surface area contributed by atoms with Gasteiger partial charge in [0, 0.05) is 19.1 Å². The van der Waals surface area contributed by atoms with Crippen LogP contribution in [0.15, 0.2) is 59.2 Å². The van der Waals surface area contributed by atoms with E-state index in [1.165, 1.54) is 11.8 Å². The quantitative estimate of drug-likeness (QED) is 0.554. The van der Waals surface area contributed by atoms with Crippen LogP contribution < -0.4 is 19.5 Å². The van der Waals surface area contributed by atoms with Crippen molar-refractivity contribution in [1.29, 1.82) is 0 Å². The number of carbonyl (C=O) groups is 1. The van der Waals surface area contributed by atoms with E-state index >= 15 is 0 Å². The molecule has 0 radical (unpaired) electrons. The van der Waals surface area contributed by atoms with Crippen molar-refractivity contribution in [2.24, 2.45) is 0 Å². The second-order valence-corrected chi connectivity index (χ2v) is 8.16. The lowest BCUT2D eigenvalue weighted by Crippen LogP contribution is -2.47. The van der Waals surface area contributed by atoms with Crippen molar-refractivity contribution in [3.63, 3.8) is 0 Å². The van der Waals surface area contributed by atoms with Gasteiger partial charge in [0.15, 0.2) is 17.3 Å². The minimum absolute atomic E-state index is 0.0707. The average Bonchev–Trinajstić information content (AvgIpc) is 3.38. The number of benzene rings is 2. The predicted molar refractivity (Wildman–Crippen MR) is 125 cm³/mol. The second kappa shape index (κ2) is 10.0. The molecule has 1 aromatic heterocycles. The first-order valence-corrected chi connectivity index (χ1v) is 11.0. The third-order valence-corrected chi connectivity index (χ3v) is 6.12. The lowest BCUT2D eigenvalue weighted by Gasteiger charge is -2.41. The van der Waals surface area contributed by atoms with E-state index in [0.29, 0.717) is 17.3 Å². The van der Waals surface area contributed by atoms with Crippen molar-refractivity contribution in [1.82, 2.24) is 10.2 Å². The highest BCUT2D eigenvalue weighted by molar-refractivity contribution is 5.91. The van der Waals surface area contributed by atoms with Crippen LogP contribution in [0.5, 0.6) is 17.2 Å². The third kappa shape index (κ3) is 4.83. The van der Waals surface area contributed by atoms with Gasteiger partial charge in [0.2, 0.25) is 0 Å². The largest absolute Gasteiger partial charge is 0.497 e. The van der Waals surface area contributed by atoms with Crippen molar-refractivity contribution >= 4 is 5.91 Å². The Hall–Kier alpha value is -3.45. The molecule has 0 saturated carbocycles. The summed E-state index contributed by atoms with van der Waals surface area (Å²) in [5.74, 6) is 2.27. The van der Waals surface area contributed by atoms with Crippen LogP contribution in [0, 0.1) is 0 Å². The molecule has 1 aliphatic heterocycles. The number of ether oxygens (including phenoxy) is 3. The van der Waals surface area contributed by atoms with Gasteiger partial charge in [-0.2, -0.15) is 0 Å². The summed E-state index contributed by atoms with van der Waals surface area (Å²) in [6.07, 6.45) is 2.37. The Bertz CT molecular complexity index is 1100. The smallest absolute Gasteiger partial charge is 0.287 e. The number of rotatable bonds is 8. The van der Waals surface area contributed by atoms with Gasteiger partial charge >= 0.3 is 0 Å². The number of nitrogens with zero attached hydrogens (tertiary/aromatic N) is 1. The SMILES string of the molecule is COc1cccc(CN2CCc3cc(OC)c(OC)cc3C2C(C)NC(=O)c2ccco2)c1. The van der Waals surface area contributed by atoms with E-state index in [4.69, 9.17) is 18.6 Å². The number of hydrogen-bond acceptors (Lipinski definition) is 6. The number of amides is 1. The Kier molecular flexibility index (Phi) is 6.89. The fourth-order valence-corrected chi connectivity index (χ4v) is 4.56. The van der Waals surface area contributed by atoms with Crippen LogP contribution >= 0.6 is 0 Å². The Morgan fingerprint density at radius 1 is 1.09 bits per heavy atom. The summed E-state index contributed by atoms with van der Waals surface area (Å²) in [7, 11) is 4.95. The molecule has 33 heavy (non-hydrogen) atoms. The molecule has 174 valence electrons. The maximum absolute atomic E-state index is 12.8. The molecule has 1 amide bonds. The molecule has 2 aromatic carbocycles. The molecular weight excluding hydrogens is 420 g/mol. The minimum Gasteiger partial charge on any atom is -0.497 e. The number of nitrogens with one attached hydrogen (secondary N) is 1. The van der Waals surface area contributed by atoms with Gasteiger partial charge in [0.25, 0.3) is 5.91 Å². The number of fused-ring (bicyclic) bond motifs is 1. The first-order valence-electron chi connectivity index (χ1n) is 11.0. The molecule has 2 heterocycles. The fraction of sp³-hybridized carbons (Fsp3) is 0.346. The van der Waals surface area contributed by atoms with E-state index in [9.17, 15) is 4.79 Å². The number of carbonyl (C=O) groups excluding carboxylic acids is 1. The van der Waals surface area contributed by atoms with E-state index in [2.05, 4.69) is 16.3 Å². The fourth-order valence-electron chi connectivity index (χ4n) is 4.56. The Balaban J connectivity index is 1.69. The standard InChI is InChI=1S/C26H30N2O5/c1-17(27-26(29)22-9-6-12-33-22)25-21-15-24(32-4)23(31-3)14-19(21)10-11-28(25)16-18-7-5-8-20(13-18)30-2/h5-9,12-15,17,25H,10-11,16H2,1-4H3,(H,27,29). The Labute approximate surface area is 194 Å². The lowest BCUT2D eigenvalue weighted by molar-refractivity contribution is 0.0850. The molecule has 1 aliphatic rings. The van der Waals surface area contributed by atoms with E-state index in [1.807, 2.05) is 37.3 Å². The minimum atomic E-state index is -0.235. The lowest BCUT2D eigenvalue weighted by atomic mass is 9.87. The van der Waals surface area contributed by atoms with E-state index in [-0.39, 0.29) is 18.0 Å². The maximum atomic E-state index is 12.8. The molecule has 0 bridgehead atoms. The van der Waals surface area contributed by atoms with Crippen molar-refractivity contribution in [3.8, 4) is 17.2 Å². The molecule has 3 aromatic rings. The molecule has 0 saturated heterocycles. The van der Waals surface area contributed by atoms with Crippen LogP contribution in [0.1, 0.15) is 40.2 Å². The zero-order chi connectivity index (χ0) is 23.4. The van der Waals surface area contributed by atoms with Crippen LogP contribution in [0.4, 0.5) is 0 Å². The second-order valence-electron chi connectivity index (χ2n) is 8.16. The highest BCUT2D eigenvalue weighted by atomic mass is 16.5. The Morgan fingerprint density at radius 3 is 2.58 bits per heavy atom. The highest BCUT2D eigenvalue weighted by Crippen LogP contribution is 2.40. The summed E-state index contributed by atoms with van der Waals surface area (Å²) in [5.41, 5.74) is 3.46. The van der Waals surface area contributed by atoms with Crippen molar-refractivity contribution < 1.29 is 23.4 Å². The molecule has 7 heteroatoms. The highest BCUT2D eigenvalue weighted by Gasteiger charge is 2.34. The summed E-state index contributed by atoms with van der Waals surface area (Å²) < 4.78 is 21.8. The van der Waals surface area contributed by atoms with Crippen LogP contribution in [-0.4, -0.2) is 44.7 Å². The number of hydrogen-bond donors (Lipinski definition) is 1. The zero-order valence-corrected chi connectivity index (χ0v) is 19.5. The Morgan fingerprint density at radius 2 is 1.88 bits per heavy atom. The van der Waals surface area contributed by atoms with Gasteiger partial charge in [-0.25, -0.2) is 0 Å². The molecule has 7 nitrogen and oxygen atoms in total. The van der Waals surface area contributed by atoms with Crippen molar-refractivity contribution in [3.05, 3.63) is 77.2 Å². The summed E-state index contributed by atoms with van der Waals surface area (Å²) in [4.78, 5) is 15.1. The van der Waals surface area contributed by atoms with E-state index < -0.39 is 0 Å². The van der Waals surface area contributed by atoms with Gasteiger partial charge in [-0.1, -0.05) is 12.1 Å². The van der Waals surface area contributed by atoms with Crippen LogP contribution in [-0.2, 0) is 13.0 Å². The molecular formula is C26H30N2O5. The summed E-state index contributed by atoms with van der Waals surface area (Å²) in [5, 5.41) is 3.13. The van der Waals surface area contributed by atoms with Crippen LogP contribution in [0.2, 0.25) is 0 Å². The molecule has 0 fully saturated rings. The van der Waals surface area contributed by atoms with Gasteiger partial charge in [-0.05, 0) is 66.4 Å². The van der Waals surface area contributed by atoms with Gasteiger partial charge in [-0.3, -0.25) is 9.69 Å². The first kappa shape index (κ1) is 22.7. The van der Waals surface area contributed by atoms with Crippen LogP contribution in [0.25, 0.3) is 0 Å². The van der Waals surface area contributed by atoms with E-state index in [1.54, 1.807) is 33.5 Å². The summed E-state index contributed by atoms with van der Waals surface area (Å²) >= 11 is 0. The van der Waals surface area contributed by atoms with Crippen molar-refractivity contribution in [2.75, 3.05) is 27.9 Å². The van der Waals surface area contributed by atoms with Gasteiger partial charge in [0.1, 0.15) is 5.75 Å². The third-order valence-electron chi connectivity index (χ3n) is 6.12. The molecule has 4 rings (SSSR count). The average molecular weight is 451 g/mol. The molecule has 0 spiro atoms. The summed E-state index contributed by atoms with van der Waals surface area (Å²) in [6.45, 7) is 3.58. The van der Waals surface area contributed by atoms with E-state index in [0.717, 1.165) is 36.4 Å².